The number of methoxy groups -OCH3 is 1. The Bertz CT molecular complexity index is 718. The predicted molar refractivity (Wildman–Crippen MR) is 112 cm³/mol. The van der Waals surface area contributed by atoms with Crippen LogP contribution in [0.25, 0.3) is 0 Å². The standard InChI is InChI=1S/C11H13NO2.C11H14O2S/c13-11(12-7-4-8-12)14-9-10-5-2-1-3-6-10;1-13-11(12)10(8-14)7-9-5-3-2-4-6-9/h1-3,5-6H,4,7-9H2;2-6,10,14H,7-8H2,1H3. The number of nitrogens with zero attached hydrogens (tertiary/aromatic N) is 1. The highest BCUT2D eigenvalue weighted by atomic mass is 32.1. The smallest absolute Gasteiger partial charge is 0.410 e. The lowest BCUT2D eigenvalue weighted by Crippen LogP contribution is -2.42. The predicted octanol–water partition coefficient (Wildman–Crippen LogP) is 3.98. The van der Waals surface area contributed by atoms with Gasteiger partial charge in [-0.2, -0.15) is 12.6 Å². The van der Waals surface area contributed by atoms with Crippen molar-refractivity contribution in [2.75, 3.05) is 26.0 Å². The molecule has 1 unspecified atom stereocenters. The molecule has 0 aromatic heterocycles. The lowest BCUT2D eigenvalue weighted by atomic mass is 10.0. The van der Waals surface area contributed by atoms with Gasteiger partial charge in [0.1, 0.15) is 6.61 Å². The Morgan fingerprint density at radius 3 is 2.04 bits per heavy atom. The van der Waals surface area contributed by atoms with E-state index >= 15 is 0 Å². The number of hydrogen-bond acceptors (Lipinski definition) is 5. The number of rotatable bonds is 6. The Hall–Kier alpha value is -2.47. The molecule has 1 amide bonds. The van der Waals surface area contributed by atoms with E-state index in [-0.39, 0.29) is 18.0 Å². The van der Waals surface area contributed by atoms with Crippen LogP contribution in [0, 0.1) is 5.92 Å². The summed E-state index contributed by atoms with van der Waals surface area (Å²) in [6.07, 6.45) is 1.59. The molecule has 2 aromatic rings. The fourth-order valence-electron chi connectivity index (χ4n) is 2.60. The monoisotopic (exact) mass is 401 g/mol. The summed E-state index contributed by atoms with van der Waals surface area (Å²) in [6, 6.07) is 19.6. The van der Waals surface area contributed by atoms with E-state index in [0.29, 0.717) is 18.8 Å². The second-order valence-electron chi connectivity index (χ2n) is 6.47. The molecule has 2 aromatic carbocycles. The van der Waals surface area contributed by atoms with Crippen molar-refractivity contribution in [3.05, 3.63) is 71.8 Å². The molecule has 0 spiro atoms. The number of carbonyl (C=O) groups excluding carboxylic acids is 2. The molecular weight excluding hydrogens is 374 g/mol. The summed E-state index contributed by atoms with van der Waals surface area (Å²) in [4.78, 5) is 24.3. The minimum absolute atomic E-state index is 0.147. The van der Waals surface area contributed by atoms with Gasteiger partial charge in [-0.15, -0.1) is 0 Å². The van der Waals surface area contributed by atoms with E-state index in [9.17, 15) is 9.59 Å². The van der Waals surface area contributed by atoms with E-state index in [4.69, 9.17) is 4.74 Å². The molecule has 0 N–H and O–H groups in total. The van der Waals surface area contributed by atoms with Crippen LogP contribution in [0.4, 0.5) is 4.79 Å². The third-order valence-corrected chi connectivity index (χ3v) is 4.84. The number of esters is 1. The number of thiol groups is 1. The molecule has 3 rings (SSSR count). The van der Waals surface area contributed by atoms with Crippen LogP contribution in [0.1, 0.15) is 17.5 Å². The lowest BCUT2D eigenvalue weighted by molar-refractivity contribution is -0.144. The van der Waals surface area contributed by atoms with Crippen LogP contribution >= 0.6 is 12.6 Å². The largest absolute Gasteiger partial charge is 0.469 e. The topological polar surface area (TPSA) is 55.8 Å². The second kappa shape index (κ2) is 12.1. The normalized spacial score (nSPS) is 13.4. The molecule has 5 nitrogen and oxygen atoms in total. The van der Waals surface area contributed by atoms with Gasteiger partial charge in [-0.25, -0.2) is 4.79 Å². The van der Waals surface area contributed by atoms with Gasteiger partial charge in [0.15, 0.2) is 0 Å². The summed E-state index contributed by atoms with van der Waals surface area (Å²) in [7, 11) is 1.41. The van der Waals surface area contributed by atoms with Crippen LogP contribution in [-0.4, -0.2) is 42.9 Å². The van der Waals surface area contributed by atoms with E-state index in [2.05, 4.69) is 17.4 Å². The molecule has 0 aliphatic carbocycles. The molecule has 1 atom stereocenters. The van der Waals surface area contributed by atoms with Crippen LogP contribution in [0.3, 0.4) is 0 Å². The molecule has 1 saturated heterocycles. The zero-order chi connectivity index (χ0) is 20.2. The summed E-state index contributed by atoms with van der Waals surface area (Å²) in [5.74, 6) is 0.177. The zero-order valence-corrected chi connectivity index (χ0v) is 17.0. The summed E-state index contributed by atoms with van der Waals surface area (Å²) in [5.41, 5.74) is 2.17. The van der Waals surface area contributed by atoms with E-state index in [1.807, 2.05) is 60.7 Å². The number of hydrogen-bond donors (Lipinski definition) is 1. The molecular formula is C22H27NO4S. The van der Waals surface area contributed by atoms with Gasteiger partial charge < -0.3 is 14.4 Å². The number of carbonyl (C=O) groups is 2. The molecule has 0 saturated carbocycles. The number of likely N-dealkylation sites (tertiary alicyclic amines) is 1. The molecule has 1 aliphatic heterocycles. The van der Waals surface area contributed by atoms with Gasteiger partial charge in [0.2, 0.25) is 0 Å². The summed E-state index contributed by atoms with van der Waals surface area (Å²) >= 11 is 4.14. The fourth-order valence-corrected chi connectivity index (χ4v) is 2.88. The Morgan fingerprint density at radius 1 is 1.00 bits per heavy atom. The molecule has 1 aliphatic rings. The second-order valence-corrected chi connectivity index (χ2v) is 6.84. The first-order valence-corrected chi connectivity index (χ1v) is 9.95. The van der Waals surface area contributed by atoms with Gasteiger partial charge in [-0.1, -0.05) is 60.7 Å². The third-order valence-electron chi connectivity index (χ3n) is 4.40. The van der Waals surface area contributed by atoms with Crippen molar-refractivity contribution in [2.24, 2.45) is 5.92 Å². The molecule has 28 heavy (non-hydrogen) atoms. The van der Waals surface area contributed by atoms with Crippen molar-refractivity contribution in [3.63, 3.8) is 0 Å². The number of amides is 1. The van der Waals surface area contributed by atoms with Gasteiger partial charge in [-0.05, 0) is 24.0 Å². The van der Waals surface area contributed by atoms with Crippen LogP contribution in [0.5, 0.6) is 0 Å². The van der Waals surface area contributed by atoms with Crippen molar-refractivity contribution in [3.8, 4) is 0 Å². The Balaban J connectivity index is 0.000000200. The Kier molecular flexibility index (Phi) is 9.42. The quantitative estimate of drug-likeness (QED) is 0.588. The number of benzene rings is 2. The maximum Gasteiger partial charge on any atom is 0.410 e. The van der Waals surface area contributed by atoms with Gasteiger partial charge in [0.25, 0.3) is 0 Å². The van der Waals surface area contributed by atoms with Gasteiger partial charge in [-0.3, -0.25) is 4.79 Å². The summed E-state index contributed by atoms with van der Waals surface area (Å²) in [6.45, 7) is 2.05. The molecule has 1 heterocycles. The molecule has 150 valence electrons. The van der Waals surface area contributed by atoms with Crippen molar-refractivity contribution < 1.29 is 19.1 Å². The average molecular weight is 402 g/mol. The minimum Gasteiger partial charge on any atom is -0.469 e. The minimum atomic E-state index is -0.194. The highest BCUT2D eigenvalue weighted by Crippen LogP contribution is 2.11. The molecule has 0 radical (unpaired) electrons. The van der Waals surface area contributed by atoms with E-state index in [1.54, 1.807) is 4.90 Å². The van der Waals surface area contributed by atoms with Crippen molar-refractivity contribution in [2.45, 2.75) is 19.4 Å². The first-order chi connectivity index (χ1) is 13.6. The van der Waals surface area contributed by atoms with Crippen LogP contribution in [0.2, 0.25) is 0 Å². The van der Waals surface area contributed by atoms with E-state index in [0.717, 1.165) is 30.6 Å². The van der Waals surface area contributed by atoms with Gasteiger partial charge >= 0.3 is 12.1 Å². The van der Waals surface area contributed by atoms with Crippen molar-refractivity contribution in [1.82, 2.24) is 4.90 Å². The third kappa shape index (κ3) is 7.27. The lowest BCUT2D eigenvalue weighted by Gasteiger charge is -2.29. The molecule has 6 heteroatoms. The Morgan fingerprint density at radius 2 is 1.57 bits per heavy atom. The van der Waals surface area contributed by atoms with Crippen LogP contribution < -0.4 is 0 Å². The maximum atomic E-state index is 11.3. The van der Waals surface area contributed by atoms with E-state index in [1.165, 1.54) is 7.11 Å². The summed E-state index contributed by atoms with van der Waals surface area (Å²) < 4.78 is 9.81. The van der Waals surface area contributed by atoms with E-state index < -0.39 is 0 Å². The average Bonchev–Trinajstić information content (AvgIpc) is 2.70. The SMILES string of the molecule is COC(=O)C(CS)Cc1ccccc1.O=C(OCc1ccccc1)N1CCC1. The van der Waals surface area contributed by atoms with Crippen molar-refractivity contribution >= 4 is 24.7 Å². The first-order valence-electron chi connectivity index (χ1n) is 9.32. The fraction of sp³-hybridized carbons (Fsp3) is 0.364. The number of ether oxygens (including phenoxy) is 2. The zero-order valence-electron chi connectivity index (χ0n) is 16.1. The molecule has 1 fully saturated rings. The molecule has 0 bridgehead atoms. The first kappa shape index (κ1) is 21.8. The Labute approximate surface area is 172 Å². The highest BCUT2D eigenvalue weighted by molar-refractivity contribution is 7.80. The van der Waals surface area contributed by atoms with Gasteiger partial charge in [0, 0.05) is 18.8 Å². The van der Waals surface area contributed by atoms with Crippen LogP contribution in [-0.2, 0) is 27.3 Å². The van der Waals surface area contributed by atoms with Gasteiger partial charge in [0.05, 0.1) is 13.0 Å². The van der Waals surface area contributed by atoms with Crippen molar-refractivity contribution in [1.29, 1.82) is 0 Å². The summed E-state index contributed by atoms with van der Waals surface area (Å²) in [5, 5.41) is 0. The highest BCUT2D eigenvalue weighted by Gasteiger charge is 2.21. The maximum absolute atomic E-state index is 11.3. The van der Waals surface area contributed by atoms with Crippen LogP contribution in [0.15, 0.2) is 60.7 Å².